The second-order valence-corrected chi connectivity index (χ2v) is 7.65. The van der Waals surface area contributed by atoms with Crippen LogP contribution in [0.15, 0.2) is 51.7 Å². The molecule has 2 aromatic carbocycles. The summed E-state index contributed by atoms with van der Waals surface area (Å²) in [4.78, 5) is 25.7. The van der Waals surface area contributed by atoms with Crippen LogP contribution in [0.25, 0.3) is 0 Å². The van der Waals surface area contributed by atoms with Crippen LogP contribution in [0.4, 0.5) is 5.69 Å². The SMILES string of the molecule is COc1cc(C(CC(=O)Nc2cccc(Cl)c2)c2c(O)cc(C)oc2=O)cc(OC)c1OC. The van der Waals surface area contributed by atoms with Gasteiger partial charge >= 0.3 is 5.63 Å². The van der Waals surface area contributed by atoms with Gasteiger partial charge in [0.15, 0.2) is 11.5 Å². The van der Waals surface area contributed by atoms with Gasteiger partial charge in [-0.3, -0.25) is 4.79 Å². The van der Waals surface area contributed by atoms with Gasteiger partial charge in [0.2, 0.25) is 11.7 Å². The zero-order chi connectivity index (χ0) is 24.1. The van der Waals surface area contributed by atoms with Gasteiger partial charge in [-0.05, 0) is 42.8 Å². The Balaban J connectivity index is 2.11. The van der Waals surface area contributed by atoms with Crippen LogP contribution in [0.5, 0.6) is 23.0 Å². The first kappa shape index (κ1) is 24.0. The maximum atomic E-state index is 12.9. The van der Waals surface area contributed by atoms with Gasteiger partial charge < -0.3 is 29.1 Å². The minimum Gasteiger partial charge on any atom is -0.507 e. The molecule has 1 heterocycles. The molecular weight excluding hydrogens is 450 g/mol. The number of rotatable bonds is 8. The van der Waals surface area contributed by atoms with Crippen molar-refractivity contribution in [3.05, 3.63) is 74.8 Å². The van der Waals surface area contributed by atoms with Crippen LogP contribution >= 0.6 is 11.6 Å². The molecule has 1 aromatic heterocycles. The summed E-state index contributed by atoms with van der Waals surface area (Å²) < 4.78 is 21.4. The molecule has 1 atom stereocenters. The summed E-state index contributed by atoms with van der Waals surface area (Å²) in [6.07, 6.45) is -0.188. The summed E-state index contributed by atoms with van der Waals surface area (Å²) in [6, 6.07) is 11.3. The van der Waals surface area contributed by atoms with Gasteiger partial charge in [0.25, 0.3) is 0 Å². The van der Waals surface area contributed by atoms with Crippen LogP contribution in [0.2, 0.25) is 5.02 Å². The van der Waals surface area contributed by atoms with Crippen LogP contribution in [-0.2, 0) is 4.79 Å². The van der Waals surface area contributed by atoms with Crippen molar-refractivity contribution in [1.29, 1.82) is 0 Å². The van der Waals surface area contributed by atoms with E-state index < -0.39 is 17.5 Å². The zero-order valence-electron chi connectivity index (χ0n) is 18.6. The predicted molar refractivity (Wildman–Crippen MR) is 124 cm³/mol. The minimum absolute atomic E-state index is 0.0592. The van der Waals surface area contributed by atoms with E-state index in [-0.39, 0.29) is 23.5 Å². The number of benzene rings is 2. The first-order valence-corrected chi connectivity index (χ1v) is 10.3. The molecule has 0 aliphatic carbocycles. The number of nitrogens with one attached hydrogen (secondary N) is 1. The number of carbonyl (C=O) groups excluding carboxylic acids is 1. The molecule has 1 unspecified atom stereocenters. The van der Waals surface area contributed by atoms with E-state index in [2.05, 4.69) is 5.32 Å². The second kappa shape index (κ2) is 10.3. The number of aryl methyl sites for hydroxylation is 1. The molecule has 0 spiro atoms. The zero-order valence-corrected chi connectivity index (χ0v) is 19.4. The van der Waals surface area contributed by atoms with Gasteiger partial charge in [0.05, 0.1) is 26.9 Å². The fraction of sp³-hybridized carbons (Fsp3) is 0.250. The lowest BCUT2D eigenvalue weighted by Gasteiger charge is -2.21. The van der Waals surface area contributed by atoms with Gasteiger partial charge in [0, 0.05) is 29.1 Å². The molecule has 0 aliphatic heterocycles. The normalized spacial score (nSPS) is 11.5. The van der Waals surface area contributed by atoms with Crippen molar-refractivity contribution in [2.24, 2.45) is 0 Å². The van der Waals surface area contributed by atoms with Crippen LogP contribution < -0.4 is 25.2 Å². The molecule has 1 amide bonds. The van der Waals surface area contributed by atoms with Crippen LogP contribution in [-0.4, -0.2) is 32.3 Å². The average molecular weight is 474 g/mol. The molecule has 0 radical (unpaired) electrons. The molecule has 8 nitrogen and oxygen atoms in total. The van der Waals surface area contributed by atoms with Crippen molar-refractivity contribution < 1.29 is 28.5 Å². The Bertz CT molecular complexity index is 1200. The first-order chi connectivity index (χ1) is 15.8. The molecular formula is C24H24ClNO7. The van der Waals surface area contributed by atoms with E-state index >= 15 is 0 Å². The highest BCUT2D eigenvalue weighted by molar-refractivity contribution is 6.30. The van der Waals surface area contributed by atoms with Gasteiger partial charge in [-0.1, -0.05) is 17.7 Å². The van der Waals surface area contributed by atoms with Crippen molar-refractivity contribution in [3.8, 4) is 23.0 Å². The molecule has 3 aromatic rings. The molecule has 0 fully saturated rings. The fourth-order valence-electron chi connectivity index (χ4n) is 3.58. The van der Waals surface area contributed by atoms with Crippen LogP contribution in [0.3, 0.4) is 0 Å². The number of hydrogen-bond acceptors (Lipinski definition) is 7. The standard InChI is InChI=1S/C24H24ClNO7/c1-13-8-18(27)22(24(29)33-13)17(12-21(28)26-16-7-5-6-15(25)11-16)14-9-19(30-2)23(32-4)20(10-14)31-3/h5-11,17,27H,12H2,1-4H3,(H,26,28). The summed E-state index contributed by atoms with van der Waals surface area (Å²) in [5, 5.41) is 13.8. The fourth-order valence-corrected chi connectivity index (χ4v) is 3.77. The van der Waals surface area contributed by atoms with Gasteiger partial charge in [-0.25, -0.2) is 4.79 Å². The van der Waals surface area contributed by atoms with Gasteiger partial charge in [-0.15, -0.1) is 0 Å². The Morgan fingerprint density at radius 2 is 1.76 bits per heavy atom. The third kappa shape index (κ3) is 5.40. The molecule has 33 heavy (non-hydrogen) atoms. The Morgan fingerprint density at radius 3 is 2.30 bits per heavy atom. The van der Waals surface area contributed by atoms with E-state index in [0.717, 1.165) is 0 Å². The highest BCUT2D eigenvalue weighted by atomic mass is 35.5. The Hall–Kier alpha value is -3.65. The average Bonchev–Trinajstić information content (AvgIpc) is 2.76. The Morgan fingerprint density at radius 1 is 1.09 bits per heavy atom. The monoisotopic (exact) mass is 473 g/mol. The lowest BCUT2D eigenvalue weighted by atomic mass is 9.88. The molecule has 174 valence electrons. The minimum atomic E-state index is -0.880. The van der Waals surface area contributed by atoms with Crippen molar-refractivity contribution in [1.82, 2.24) is 0 Å². The number of ether oxygens (including phenoxy) is 3. The lowest BCUT2D eigenvalue weighted by Crippen LogP contribution is -2.21. The molecule has 0 bridgehead atoms. The van der Waals surface area contributed by atoms with E-state index in [9.17, 15) is 14.7 Å². The Labute approximate surface area is 195 Å². The second-order valence-electron chi connectivity index (χ2n) is 7.22. The summed E-state index contributed by atoms with van der Waals surface area (Å²) >= 11 is 6.00. The molecule has 0 saturated heterocycles. The number of amides is 1. The van der Waals surface area contributed by atoms with E-state index in [1.54, 1.807) is 43.3 Å². The van der Waals surface area contributed by atoms with E-state index in [4.69, 9.17) is 30.2 Å². The smallest absolute Gasteiger partial charge is 0.343 e. The van der Waals surface area contributed by atoms with E-state index in [1.807, 2.05) is 0 Å². The number of hydrogen-bond donors (Lipinski definition) is 2. The first-order valence-electron chi connectivity index (χ1n) is 9.96. The Kier molecular flexibility index (Phi) is 7.50. The number of halogens is 1. The molecule has 0 aliphatic rings. The van der Waals surface area contributed by atoms with E-state index in [1.165, 1.54) is 27.4 Å². The summed E-state index contributed by atoms with van der Waals surface area (Å²) in [5.74, 6) is -0.298. The number of anilines is 1. The van der Waals surface area contributed by atoms with Gasteiger partial charge in [0.1, 0.15) is 11.5 Å². The third-order valence-electron chi connectivity index (χ3n) is 5.03. The molecule has 0 saturated carbocycles. The largest absolute Gasteiger partial charge is 0.507 e. The van der Waals surface area contributed by atoms with Crippen molar-refractivity contribution >= 4 is 23.2 Å². The quantitative estimate of drug-likeness (QED) is 0.496. The van der Waals surface area contributed by atoms with Crippen LogP contribution in [0, 0.1) is 6.92 Å². The van der Waals surface area contributed by atoms with Crippen molar-refractivity contribution in [2.45, 2.75) is 19.3 Å². The molecule has 2 N–H and O–H groups in total. The van der Waals surface area contributed by atoms with Crippen molar-refractivity contribution in [3.63, 3.8) is 0 Å². The van der Waals surface area contributed by atoms with Crippen molar-refractivity contribution in [2.75, 3.05) is 26.6 Å². The predicted octanol–water partition coefficient (Wildman–Crippen LogP) is 4.49. The summed E-state index contributed by atoms with van der Waals surface area (Å²) in [6.45, 7) is 1.55. The van der Waals surface area contributed by atoms with Crippen LogP contribution in [0.1, 0.15) is 29.2 Å². The maximum Gasteiger partial charge on any atom is 0.343 e. The molecule has 3 rings (SSSR count). The van der Waals surface area contributed by atoms with Gasteiger partial charge in [-0.2, -0.15) is 0 Å². The maximum absolute atomic E-state index is 12.9. The third-order valence-corrected chi connectivity index (χ3v) is 5.26. The summed E-state index contributed by atoms with van der Waals surface area (Å²) in [7, 11) is 4.38. The van der Waals surface area contributed by atoms with E-state index in [0.29, 0.717) is 33.5 Å². The number of aromatic hydroxyl groups is 1. The lowest BCUT2D eigenvalue weighted by molar-refractivity contribution is -0.116. The highest BCUT2D eigenvalue weighted by Crippen LogP contribution is 2.43. The summed E-state index contributed by atoms with van der Waals surface area (Å²) in [5.41, 5.74) is 0.173. The number of methoxy groups -OCH3 is 3. The molecule has 9 heteroatoms. The highest BCUT2D eigenvalue weighted by Gasteiger charge is 2.28. The number of carbonyl (C=O) groups is 1. The topological polar surface area (TPSA) is 107 Å².